The summed E-state index contributed by atoms with van der Waals surface area (Å²) in [6, 6.07) is 3.99. The monoisotopic (exact) mass is 226 g/mol. The van der Waals surface area contributed by atoms with Crippen LogP contribution in [0.1, 0.15) is 24.4 Å². The van der Waals surface area contributed by atoms with Gasteiger partial charge in [-0.25, -0.2) is 9.18 Å². The minimum absolute atomic E-state index is 0.132. The highest BCUT2D eigenvalue weighted by Crippen LogP contribution is 2.16. The van der Waals surface area contributed by atoms with Gasteiger partial charge < -0.3 is 10.5 Å². The number of ether oxygens (including phenoxy) is 1. The van der Waals surface area contributed by atoms with Gasteiger partial charge in [0, 0.05) is 5.69 Å². The van der Waals surface area contributed by atoms with Crippen LogP contribution in [0.3, 0.4) is 0 Å². The first-order valence-corrected chi connectivity index (χ1v) is 5.06. The largest absolute Gasteiger partial charge is 0.464 e. The van der Waals surface area contributed by atoms with E-state index in [-0.39, 0.29) is 6.61 Å². The Kier molecular flexibility index (Phi) is 4.37. The zero-order chi connectivity index (χ0) is 12.1. The summed E-state index contributed by atoms with van der Waals surface area (Å²) >= 11 is 0. The number of nitrogens with two attached hydrogens (primary N) is 1. The Morgan fingerprint density at radius 1 is 1.62 bits per heavy atom. The minimum Gasteiger partial charge on any atom is -0.464 e. The number of pyridine rings is 1. The molecule has 2 atom stereocenters. The maximum Gasteiger partial charge on any atom is 0.342 e. The Morgan fingerprint density at radius 3 is 2.88 bits per heavy atom. The van der Waals surface area contributed by atoms with Gasteiger partial charge >= 0.3 is 5.97 Å². The Balaban J connectivity index is 2.77. The number of alkyl halides is 1. The summed E-state index contributed by atoms with van der Waals surface area (Å²) in [5.74, 6) is -0.946. The average Bonchev–Trinajstić information content (AvgIpc) is 2.27. The Morgan fingerprint density at radius 2 is 2.31 bits per heavy atom. The van der Waals surface area contributed by atoms with E-state index in [4.69, 9.17) is 5.73 Å². The number of hydrogen-bond donors (Lipinski definition) is 1. The standard InChI is InChI=1S/C11H15FN2O2/c1-3-16-11(15)9(12)10(13)8-6-4-5-7(2)14-8/h4-6,9-10H,3,13H2,1-2H3/t9?,10-/m0/s1. The van der Waals surface area contributed by atoms with E-state index in [0.29, 0.717) is 5.69 Å². The third kappa shape index (κ3) is 3.00. The molecule has 0 aliphatic heterocycles. The van der Waals surface area contributed by atoms with Crippen molar-refractivity contribution in [2.75, 3.05) is 6.61 Å². The highest BCUT2D eigenvalue weighted by atomic mass is 19.1. The SMILES string of the molecule is CCOC(=O)C(F)[C@@H](N)c1cccc(C)n1. The van der Waals surface area contributed by atoms with Crippen molar-refractivity contribution in [3.05, 3.63) is 29.6 Å². The van der Waals surface area contributed by atoms with E-state index >= 15 is 0 Å². The van der Waals surface area contributed by atoms with Crippen molar-refractivity contribution in [1.82, 2.24) is 4.98 Å². The van der Waals surface area contributed by atoms with Gasteiger partial charge in [0.1, 0.15) is 0 Å². The first-order chi connectivity index (χ1) is 7.56. The molecule has 0 aromatic carbocycles. The van der Waals surface area contributed by atoms with Crippen LogP contribution in [0.4, 0.5) is 4.39 Å². The third-order valence-electron chi connectivity index (χ3n) is 2.08. The fourth-order valence-corrected chi connectivity index (χ4v) is 1.27. The minimum atomic E-state index is -1.88. The van der Waals surface area contributed by atoms with Gasteiger partial charge in [-0.2, -0.15) is 0 Å². The second-order valence-electron chi connectivity index (χ2n) is 3.38. The molecular formula is C11H15FN2O2. The maximum atomic E-state index is 13.6. The fourth-order valence-electron chi connectivity index (χ4n) is 1.27. The maximum absolute atomic E-state index is 13.6. The molecule has 0 radical (unpaired) electrons. The number of aryl methyl sites for hydroxylation is 1. The lowest BCUT2D eigenvalue weighted by molar-refractivity contribution is -0.150. The van der Waals surface area contributed by atoms with Gasteiger partial charge in [-0.3, -0.25) is 4.98 Å². The summed E-state index contributed by atoms with van der Waals surface area (Å²) in [4.78, 5) is 15.2. The number of halogens is 1. The predicted octanol–water partition coefficient (Wildman–Crippen LogP) is 1.29. The lowest BCUT2D eigenvalue weighted by Crippen LogP contribution is -2.32. The van der Waals surface area contributed by atoms with Crippen LogP contribution in [-0.4, -0.2) is 23.7 Å². The number of carbonyl (C=O) groups excluding carboxylic acids is 1. The molecule has 0 aliphatic rings. The van der Waals surface area contributed by atoms with Crippen molar-refractivity contribution in [2.24, 2.45) is 5.73 Å². The Labute approximate surface area is 93.6 Å². The molecule has 1 aromatic rings. The molecule has 0 aliphatic carbocycles. The third-order valence-corrected chi connectivity index (χ3v) is 2.08. The number of carbonyl (C=O) groups is 1. The lowest BCUT2D eigenvalue weighted by Gasteiger charge is -2.15. The highest BCUT2D eigenvalue weighted by molar-refractivity contribution is 5.75. The second kappa shape index (κ2) is 5.55. The molecule has 0 amide bonds. The van der Waals surface area contributed by atoms with Crippen LogP contribution in [0.2, 0.25) is 0 Å². The quantitative estimate of drug-likeness (QED) is 0.786. The second-order valence-corrected chi connectivity index (χ2v) is 3.38. The van der Waals surface area contributed by atoms with Gasteiger partial charge in [0.2, 0.25) is 6.17 Å². The lowest BCUT2D eigenvalue weighted by atomic mass is 10.1. The molecule has 4 nitrogen and oxygen atoms in total. The molecule has 1 heterocycles. The van der Waals surface area contributed by atoms with Crippen LogP contribution >= 0.6 is 0 Å². The number of hydrogen-bond acceptors (Lipinski definition) is 4. The molecule has 0 saturated carbocycles. The number of rotatable bonds is 4. The van der Waals surface area contributed by atoms with Gasteiger partial charge in [-0.1, -0.05) is 6.07 Å². The Hall–Kier alpha value is -1.49. The predicted molar refractivity (Wildman–Crippen MR) is 57.4 cm³/mol. The van der Waals surface area contributed by atoms with E-state index in [1.165, 1.54) is 0 Å². The first-order valence-electron chi connectivity index (χ1n) is 5.06. The van der Waals surface area contributed by atoms with E-state index in [0.717, 1.165) is 5.69 Å². The van der Waals surface area contributed by atoms with Crippen molar-refractivity contribution >= 4 is 5.97 Å². The van der Waals surface area contributed by atoms with Crippen LogP contribution in [0.5, 0.6) is 0 Å². The summed E-state index contributed by atoms with van der Waals surface area (Å²) in [6.45, 7) is 3.52. The molecule has 2 N–H and O–H groups in total. The van der Waals surface area contributed by atoms with Gasteiger partial charge in [-0.15, -0.1) is 0 Å². The Bertz CT molecular complexity index is 371. The van der Waals surface area contributed by atoms with Crippen molar-refractivity contribution in [3.63, 3.8) is 0 Å². The average molecular weight is 226 g/mol. The molecule has 5 heteroatoms. The van der Waals surface area contributed by atoms with E-state index < -0.39 is 18.2 Å². The summed E-state index contributed by atoms with van der Waals surface area (Å²) in [6.07, 6.45) is -1.88. The number of nitrogens with zero attached hydrogens (tertiary/aromatic N) is 1. The van der Waals surface area contributed by atoms with Crippen LogP contribution in [0.25, 0.3) is 0 Å². The summed E-state index contributed by atoms with van der Waals surface area (Å²) in [7, 11) is 0. The molecule has 0 fully saturated rings. The van der Waals surface area contributed by atoms with E-state index in [1.54, 1.807) is 32.0 Å². The molecule has 1 unspecified atom stereocenters. The van der Waals surface area contributed by atoms with Crippen LogP contribution < -0.4 is 5.73 Å². The zero-order valence-electron chi connectivity index (χ0n) is 9.31. The molecule has 88 valence electrons. The van der Waals surface area contributed by atoms with E-state index in [9.17, 15) is 9.18 Å². The molecule has 16 heavy (non-hydrogen) atoms. The first kappa shape index (κ1) is 12.6. The van der Waals surface area contributed by atoms with Crippen LogP contribution in [0, 0.1) is 6.92 Å². The van der Waals surface area contributed by atoms with Crippen molar-refractivity contribution < 1.29 is 13.9 Å². The number of aromatic nitrogens is 1. The summed E-state index contributed by atoms with van der Waals surface area (Å²) in [5, 5.41) is 0. The van der Waals surface area contributed by atoms with Crippen molar-refractivity contribution in [1.29, 1.82) is 0 Å². The van der Waals surface area contributed by atoms with Gasteiger partial charge in [0.05, 0.1) is 18.3 Å². The van der Waals surface area contributed by atoms with Gasteiger partial charge in [0.25, 0.3) is 0 Å². The molecular weight excluding hydrogens is 211 g/mol. The van der Waals surface area contributed by atoms with Crippen molar-refractivity contribution in [3.8, 4) is 0 Å². The smallest absolute Gasteiger partial charge is 0.342 e. The highest BCUT2D eigenvalue weighted by Gasteiger charge is 2.28. The topological polar surface area (TPSA) is 65.2 Å². The molecule has 1 rings (SSSR count). The number of esters is 1. The molecule has 0 saturated heterocycles. The summed E-state index contributed by atoms with van der Waals surface area (Å²) in [5.41, 5.74) is 6.67. The van der Waals surface area contributed by atoms with Crippen LogP contribution in [0.15, 0.2) is 18.2 Å². The van der Waals surface area contributed by atoms with Crippen LogP contribution in [-0.2, 0) is 9.53 Å². The van der Waals surface area contributed by atoms with Crippen molar-refractivity contribution in [2.45, 2.75) is 26.1 Å². The van der Waals surface area contributed by atoms with E-state index in [1.807, 2.05) is 0 Å². The molecule has 0 spiro atoms. The van der Waals surface area contributed by atoms with Gasteiger partial charge in [-0.05, 0) is 26.0 Å². The fraction of sp³-hybridized carbons (Fsp3) is 0.455. The molecule has 1 aromatic heterocycles. The zero-order valence-corrected chi connectivity index (χ0v) is 9.31. The summed E-state index contributed by atoms with van der Waals surface area (Å²) < 4.78 is 18.1. The normalized spacial score (nSPS) is 14.2. The van der Waals surface area contributed by atoms with Gasteiger partial charge in [0.15, 0.2) is 0 Å². The van der Waals surface area contributed by atoms with E-state index in [2.05, 4.69) is 9.72 Å². The molecule has 0 bridgehead atoms.